The Hall–Kier alpha value is -2.00. The lowest BCUT2D eigenvalue weighted by Crippen LogP contribution is -2.30. The number of nitrogens with one attached hydrogen (secondary N) is 1. The zero-order valence-electron chi connectivity index (χ0n) is 14.7. The predicted octanol–water partition coefficient (Wildman–Crippen LogP) is 4.07. The summed E-state index contributed by atoms with van der Waals surface area (Å²) in [6.07, 6.45) is -0.576. The van der Waals surface area contributed by atoms with E-state index in [2.05, 4.69) is 22.5 Å². The third-order valence-corrected chi connectivity index (χ3v) is 6.10. The summed E-state index contributed by atoms with van der Waals surface area (Å²) in [5.74, 6) is 0.620. The summed E-state index contributed by atoms with van der Waals surface area (Å²) in [5.41, 5.74) is 2.58. The SMILES string of the molecule is CC(O)CNC(=O)c1ccc(-n2nc(SCc3ccccc3)sc2=S)cc1. The van der Waals surface area contributed by atoms with Gasteiger partial charge in [0.15, 0.2) is 8.29 Å². The number of aliphatic hydroxyl groups is 1. The van der Waals surface area contributed by atoms with Crippen LogP contribution in [-0.4, -0.2) is 33.4 Å². The van der Waals surface area contributed by atoms with Crippen molar-refractivity contribution in [3.63, 3.8) is 0 Å². The van der Waals surface area contributed by atoms with Gasteiger partial charge in [0.05, 0.1) is 11.8 Å². The van der Waals surface area contributed by atoms with Crippen LogP contribution in [0.2, 0.25) is 0 Å². The molecular weight excluding hydrogens is 398 g/mol. The normalized spacial score (nSPS) is 11.9. The number of aliphatic hydroxyl groups excluding tert-OH is 1. The molecule has 1 unspecified atom stereocenters. The van der Waals surface area contributed by atoms with E-state index >= 15 is 0 Å². The minimum absolute atomic E-state index is 0.219. The molecule has 3 rings (SSSR count). The van der Waals surface area contributed by atoms with Gasteiger partial charge in [-0.3, -0.25) is 4.79 Å². The zero-order chi connectivity index (χ0) is 19.2. The van der Waals surface area contributed by atoms with E-state index in [1.54, 1.807) is 35.5 Å². The van der Waals surface area contributed by atoms with Crippen LogP contribution in [0.4, 0.5) is 0 Å². The maximum Gasteiger partial charge on any atom is 0.251 e. The quantitative estimate of drug-likeness (QED) is 0.448. The Morgan fingerprint density at radius 2 is 1.96 bits per heavy atom. The molecule has 0 bridgehead atoms. The molecule has 0 aliphatic heterocycles. The second kappa shape index (κ2) is 9.27. The van der Waals surface area contributed by atoms with Gasteiger partial charge in [-0.05, 0) is 49.0 Å². The highest BCUT2D eigenvalue weighted by molar-refractivity contribution is 8.00. The van der Waals surface area contributed by atoms with E-state index in [9.17, 15) is 9.90 Å². The second-order valence-electron chi connectivity index (χ2n) is 5.93. The summed E-state index contributed by atoms with van der Waals surface area (Å²) < 4.78 is 3.28. The molecule has 1 atom stereocenters. The van der Waals surface area contributed by atoms with Crippen LogP contribution in [0.1, 0.15) is 22.8 Å². The number of rotatable bonds is 7. The van der Waals surface area contributed by atoms with Crippen molar-refractivity contribution in [2.75, 3.05) is 6.54 Å². The summed E-state index contributed by atoms with van der Waals surface area (Å²) in [7, 11) is 0. The molecule has 0 spiro atoms. The topological polar surface area (TPSA) is 67.2 Å². The van der Waals surface area contributed by atoms with Crippen molar-refractivity contribution in [3.05, 3.63) is 69.7 Å². The summed E-state index contributed by atoms with van der Waals surface area (Å²) in [4.78, 5) is 12.0. The van der Waals surface area contributed by atoms with Crippen LogP contribution < -0.4 is 5.32 Å². The summed E-state index contributed by atoms with van der Waals surface area (Å²) >= 11 is 8.56. The monoisotopic (exact) mass is 417 g/mol. The highest BCUT2D eigenvalue weighted by atomic mass is 32.2. The minimum Gasteiger partial charge on any atom is -0.392 e. The van der Waals surface area contributed by atoms with Gasteiger partial charge in [-0.1, -0.05) is 53.4 Å². The largest absolute Gasteiger partial charge is 0.392 e. The fourth-order valence-corrected chi connectivity index (χ4v) is 4.62. The maximum absolute atomic E-state index is 12.0. The molecule has 8 heteroatoms. The number of hydrogen-bond acceptors (Lipinski definition) is 6. The van der Waals surface area contributed by atoms with Gasteiger partial charge in [0.2, 0.25) is 0 Å². The molecule has 5 nitrogen and oxygen atoms in total. The lowest BCUT2D eigenvalue weighted by atomic mass is 10.2. The molecule has 2 aromatic carbocycles. The fraction of sp³-hybridized carbons (Fsp3) is 0.211. The van der Waals surface area contributed by atoms with Crippen LogP contribution in [0.15, 0.2) is 58.9 Å². The van der Waals surface area contributed by atoms with E-state index in [1.165, 1.54) is 16.9 Å². The molecular formula is C19H19N3O2S3. The van der Waals surface area contributed by atoms with E-state index in [0.29, 0.717) is 9.52 Å². The summed E-state index contributed by atoms with van der Waals surface area (Å²) in [6.45, 7) is 1.85. The predicted molar refractivity (Wildman–Crippen MR) is 112 cm³/mol. The Kier molecular flexibility index (Phi) is 6.78. The van der Waals surface area contributed by atoms with Crippen LogP contribution in [0, 0.1) is 3.95 Å². The Balaban J connectivity index is 1.68. The number of hydrogen-bond donors (Lipinski definition) is 2. The molecule has 0 aliphatic carbocycles. The Bertz CT molecular complexity index is 950. The average molecular weight is 418 g/mol. The van der Waals surface area contributed by atoms with Crippen LogP contribution in [0.25, 0.3) is 5.69 Å². The molecule has 0 radical (unpaired) electrons. The van der Waals surface area contributed by atoms with E-state index < -0.39 is 6.10 Å². The van der Waals surface area contributed by atoms with E-state index in [-0.39, 0.29) is 12.5 Å². The van der Waals surface area contributed by atoms with Crippen LogP contribution in [0.5, 0.6) is 0 Å². The van der Waals surface area contributed by atoms with Gasteiger partial charge < -0.3 is 10.4 Å². The lowest BCUT2D eigenvalue weighted by Gasteiger charge is -2.07. The summed E-state index contributed by atoms with van der Waals surface area (Å²) in [6, 6.07) is 17.3. The number of carbonyl (C=O) groups excluding carboxylic acids is 1. The molecule has 0 saturated carbocycles. The number of carbonyl (C=O) groups is 1. The molecule has 140 valence electrons. The number of nitrogens with zero attached hydrogens (tertiary/aromatic N) is 2. The number of aromatic nitrogens is 2. The summed E-state index contributed by atoms with van der Waals surface area (Å²) in [5, 5.41) is 16.5. The van der Waals surface area contributed by atoms with Crippen molar-refractivity contribution in [1.29, 1.82) is 0 Å². The van der Waals surface area contributed by atoms with Gasteiger partial charge in [-0.2, -0.15) is 0 Å². The average Bonchev–Trinajstić information content (AvgIpc) is 3.06. The lowest BCUT2D eigenvalue weighted by molar-refractivity contribution is 0.0924. The maximum atomic E-state index is 12.0. The number of benzene rings is 2. The second-order valence-corrected chi connectivity index (χ2v) is 8.77. The number of thioether (sulfide) groups is 1. The first kappa shape index (κ1) is 19.8. The smallest absolute Gasteiger partial charge is 0.251 e. The van der Waals surface area contributed by atoms with E-state index in [0.717, 1.165) is 15.8 Å². The first-order valence-corrected chi connectivity index (χ1v) is 10.6. The van der Waals surface area contributed by atoms with Gasteiger partial charge in [0.25, 0.3) is 5.91 Å². The molecule has 27 heavy (non-hydrogen) atoms. The van der Waals surface area contributed by atoms with Crippen molar-refractivity contribution in [2.24, 2.45) is 0 Å². The molecule has 3 aromatic rings. The zero-order valence-corrected chi connectivity index (χ0v) is 17.1. The van der Waals surface area contributed by atoms with Crippen molar-refractivity contribution < 1.29 is 9.90 Å². The molecule has 1 amide bonds. The molecule has 2 N–H and O–H groups in total. The molecule has 0 aliphatic rings. The Morgan fingerprint density at radius 3 is 2.63 bits per heavy atom. The molecule has 0 saturated heterocycles. The van der Waals surface area contributed by atoms with Crippen molar-refractivity contribution in [1.82, 2.24) is 15.1 Å². The van der Waals surface area contributed by atoms with E-state index in [1.807, 2.05) is 30.3 Å². The van der Waals surface area contributed by atoms with Crippen LogP contribution >= 0.6 is 35.3 Å². The first-order valence-electron chi connectivity index (χ1n) is 8.36. The van der Waals surface area contributed by atoms with Crippen molar-refractivity contribution in [2.45, 2.75) is 23.1 Å². The third kappa shape index (κ3) is 5.49. The van der Waals surface area contributed by atoms with Gasteiger partial charge in [-0.15, -0.1) is 5.10 Å². The van der Waals surface area contributed by atoms with Gasteiger partial charge in [0, 0.05) is 17.9 Å². The van der Waals surface area contributed by atoms with Gasteiger partial charge in [-0.25, -0.2) is 4.68 Å². The number of amides is 1. The molecule has 1 aromatic heterocycles. The molecule has 1 heterocycles. The standard InChI is InChI=1S/C19H19N3O2S3/c1-13(23)11-20-17(24)15-7-9-16(10-8-15)22-19(25)27-18(21-22)26-12-14-5-3-2-4-6-14/h2-10,13,23H,11-12H2,1H3,(H,20,24). The fourth-order valence-electron chi connectivity index (χ4n) is 2.30. The van der Waals surface area contributed by atoms with Crippen LogP contribution in [-0.2, 0) is 5.75 Å². The first-order chi connectivity index (χ1) is 13.0. The highest BCUT2D eigenvalue weighted by Gasteiger charge is 2.10. The molecule has 0 fully saturated rings. The van der Waals surface area contributed by atoms with Crippen molar-refractivity contribution in [3.8, 4) is 5.69 Å². The minimum atomic E-state index is -0.576. The van der Waals surface area contributed by atoms with Gasteiger partial charge >= 0.3 is 0 Å². The van der Waals surface area contributed by atoms with Crippen molar-refractivity contribution >= 4 is 41.2 Å². The van der Waals surface area contributed by atoms with Gasteiger partial charge in [0.1, 0.15) is 0 Å². The van der Waals surface area contributed by atoms with E-state index in [4.69, 9.17) is 12.2 Å². The Morgan fingerprint density at radius 1 is 1.26 bits per heavy atom. The Labute approximate surface area is 171 Å². The van der Waals surface area contributed by atoms with Crippen LogP contribution in [0.3, 0.4) is 0 Å². The third-order valence-electron chi connectivity index (χ3n) is 3.67. The highest BCUT2D eigenvalue weighted by Crippen LogP contribution is 2.27.